The second-order valence-corrected chi connectivity index (χ2v) is 9.75. The van der Waals surface area contributed by atoms with E-state index < -0.39 is 34.5 Å². The number of aryl methyl sites for hydroxylation is 1. The monoisotopic (exact) mass is 660 g/mol. The molecule has 200 valence electrons. The van der Waals surface area contributed by atoms with Crippen molar-refractivity contribution in [1.29, 1.82) is 0 Å². The molecule has 4 rings (SSSR count). The first-order valence-electron chi connectivity index (χ1n) is 11.0. The van der Waals surface area contributed by atoms with Crippen molar-refractivity contribution in [2.75, 3.05) is 0 Å². The molecule has 1 aromatic carbocycles. The maximum Gasteiger partial charge on any atom is 0.435 e. The average molecular weight is 662 g/mol. The number of pyridine rings is 1. The van der Waals surface area contributed by atoms with Gasteiger partial charge in [-0.3, -0.25) is 4.68 Å². The molecule has 0 spiro atoms. The first-order valence-corrected chi connectivity index (χ1v) is 12.6. The summed E-state index contributed by atoms with van der Waals surface area (Å²) in [5, 5.41) is 19.4. The average Bonchev–Trinajstić information content (AvgIpc) is 3.42. The van der Waals surface area contributed by atoms with Gasteiger partial charge in [0.25, 0.3) is 0 Å². The molecule has 9 nitrogen and oxygen atoms in total. The van der Waals surface area contributed by atoms with Crippen LogP contribution in [0.25, 0.3) is 5.69 Å². The Kier molecular flexibility index (Phi) is 7.88. The van der Waals surface area contributed by atoms with Crippen molar-refractivity contribution in [3.05, 3.63) is 90.2 Å². The van der Waals surface area contributed by atoms with Crippen molar-refractivity contribution < 1.29 is 27.2 Å². The van der Waals surface area contributed by atoms with E-state index in [4.69, 9.17) is 4.74 Å². The summed E-state index contributed by atoms with van der Waals surface area (Å²) in [6.07, 6.45) is -3.01. The molecule has 0 aliphatic heterocycles. The summed E-state index contributed by atoms with van der Waals surface area (Å²) in [7, 11) is 0. The quantitative estimate of drug-likeness (QED) is 0.117. The Hall–Kier alpha value is -3.33. The van der Waals surface area contributed by atoms with Gasteiger partial charge in [0, 0.05) is 35.9 Å². The first-order chi connectivity index (χ1) is 17.9. The third-order valence-electron chi connectivity index (χ3n) is 5.52. The van der Waals surface area contributed by atoms with Crippen LogP contribution in [0, 0.1) is 15.9 Å². The second-order valence-electron chi connectivity index (χ2n) is 8.08. The van der Waals surface area contributed by atoms with Crippen LogP contribution >= 0.6 is 31.9 Å². The number of aromatic nitrogens is 5. The van der Waals surface area contributed by atoms with Crippen LogP contribution in [-0.4, -0.2) is 29.5 Å². The summed E-state index contributed by atoms with van der Waals surface area (Å²) in [4.78, 5) is 14.4. The minimum Gasteiger partial charge on any atom is -0.478 e. The highest BCUT2D eigenvalue weighted by molar-refractivity contribution is 9.10. The molecule has 0 saturated carbocycles. The van der Waals surface area contributed by atoms with Crippen LogP contribution in [0.5, 0.6) is 5.75 Å². The zero-order valence-corrected chi connectivity index (χ0v) is 22.9. The smallest absolute Gasteiger partial charge is 0.435 e. The van der Waals surface area contributed by atoms with Gasteiger partial charge in [-0.1, -0.05) is 0 Å². The Balaban J connectivity index is 1.82. The van der Waals surface area contributed by atoms with Crippen LogP contribution in [0.3, 0.4) is 0 Å². The van der Waals surface area contributed by atoms with Crippen molar-refractivity contribution in [2.45, 2.75) is 39.1 Å². The number of halogens is 6. The van der Waals surface area contributed by atoms with E-state index in [1.807, 2.05) is 6.92 Å². The molecule has 0 radical (unpaired) electrons. The summed E-state index contributed by atoms with van der Waals surface area (Å²) in [5.74, 6) is -1.47. The summed E-state index contributed by atoms with van der Waals surface area (Å²) in [6.45, 7) is 3.89. The van der Waals surface area contributed by atoms with Crippen LogP contribution in [0.4, 0.5) is 23.4 Å². The van der Waals surface area contributed by atoms with Crippen molar-refractivity contribution in [3.8, 4) is 11.4 Å². The summed E-state index contributed by atoms with van der Waals surface area (Å²) < 4.78 is 64.9. The van der Waals surface area contributed by atoms with E-state index in [1.54, 1.807) is 4.68 Å². The molecule has 1 unspecified atom stereocenters. The van der Waals surface area contributed by atoms with E-state index in [0.29, 0.717) is 21.2 Å². The van der Waals surface area contributed by atoms with Gasteiger partial charge in [0.15, 0.2) is 11.9 Å². The predicted molar refractivity (Wildman–Crippen MR) is 135 cm³/mol. The number of ether oxygens (including phenoxy) is 1. The Morgan fingerprint density at radius 2 is 1.92 bits per heavy atom. The minimum absolute atomic E-state index is 0.0245. The summed E-state index contributed by atoms with van der Waals surface area (Å²) >= 11 is 6.59. The molecular formula is C23H18Br2F4N6O3. The topological polar surface area (TPSA) is 101 Å². The van der Waals surface area contributed by atoms with Gasteiger partial charge in [-0.15, -0.1) is 0 Å². The lowest BCUT2D eigenvalue weighted by Gasteiger charge is -2.19. The van der Waals surface area contributed by atoms with Crippen LogP contribution in [0.1, 0.15) is 42.5 Å². The molecule has 3 aromatic heterocycles. The molecule has 0 aliphatic carbocycles. The van der Waals surface area contributed by atoms with E-state index in [-0.39, 0.29) is 29.1 Å². The van der Waals surface area contributed by atoms with Gasteiger partial charge in [-0.05, 0) is 79.9 Å². The van der Waals surface area contributed by atoms with Gasteiger partial charge in [-0.25, -0.2) is 9.07 Å². The molecular weight excluding hydrogens is 644 g/mol. The normalized spacial score (nSPS) is 12.5. The van der Waals surface area contributed by atoms with E-state index >= 15 is 0 Å². The number of benzene rings is 1. The van der Waals surface area contributed by atoms with E-state index in [2.05, 4.69) is 47.0 Å². The zero-order valence-electron chi connectivity index (χ0n) is 19.7. The zero-order chi connectivity index (χ0) is 27.8. The van der Waals surface area contributed by atoms with Crippen molar-refractivity contribution >= 4 is 37.7 Å². The fraction of sp³-hybridized carbons (Fsp3) is 0.261. The SMILES string of the molecule is CCn1ncc(Cc2cc(C(F)(F)F)nn2-c2ccc(F)cc2C(C)Oc2cc(Br)cnc2[N+](=O)[O-])c1Br. The molecule has 0 bridgehead atoms. The third-order valence-corrected chi connectivity index (χ3v) is 6.87. The molecule has 0 fully saturated rings. The molecule has 15 heteroatoms. The number of nitro groups is 1. The first kappa shape index (κ1) is 27.7. The highest BCUT2D eigenvalue weighted by atomic mass is 79.9. The molecule has 0 saturated heterocycles. The van der Waals surface area contributed by atoms with Gasteiger partial charge in [-0.2, -0.15) is 23.4 Å². The maximum absolute atomic E-state index is 14.4. The Morgan fingerprint density at radius 1 is 1.18 bits per heavy atom. The standard InChI is InChI=1S/C23H18Br2F4N6O3/c1-3-33-21(25)13(10-31-33)6-16-9-20(23(27,28)29)32-34(16)18-5-4-15(26)8-17(18)12(2)38-19-7-14(24)11-30-22(19)35(36)37/h4-5,7-12H,3,6H2,1-2H3. The molecule has 38 heavy (non-hydrogen) atoms. The van der Waals surface area contributed by atoms with Crippen LogP contribution < -0.4 is 4.74 Å². The van der Waals surface area contributed by atoms with Gasteiger partial charge in [0.1, 0.15) is 16.5 Å². The predicted octanol–water partition coefficient (Wildman–Crippen LogP) is 6.81. The minimum atomic E-state index is -4.74. The lowest BCUT2D eigenvalue weighted by Crippen LogP contribution is -2.13. The molecule has 1 atom stereocenters. The number of hydrogen-bond donors (Lipinski definition) is 0. The van der Waals surface area contributed by atoms with Crippen LogP contribution in [0.15, 0.2) is 51.8 Å². The number of hydrogen-bond acceptors (Lipinski definition) is 6. The summed E-state index contributed by atoms with van der Waals surface area (Å²) in [6, 6.07) is 5.68. The fourth-order valence-corrected chi connectivity index (χ4v) is 4.67. The van der Waals surface area contributed by atoms with Crippen molar-refractivity contribution in [3.63, 3.8) is 0 Å². The largest absolute Gasteiger partial charge is 0.478 e. The third kappa shape index (κ3) is 5.72. The van der Waals surface area contributed by atoms with Gasteiger partial charge >= 0.3 is 12.0 Å². The highest BCUT2D eigenvalue weighted by Crippen LogP contribution is 2.36. The highest BCUT2D eigenvalue weighted by Gasteiger charge is 2.36. The number of nitrogens with zero attached hydrogens (tertiary/aromatic N) is 6. The molecule has 0 aliphatic rings. The number of alkyl halides is 3. The van der Waals surface area contributed by atoms with Crippen LogP contribution in [-0.2, 0) is 19.1 Å². The van der Waals surface area contributed by atoms with Crippen molar-refractivity contribution in [1.82, 2.24) is 24.5 Å². The van der Waals surface area contributed by atoms with Crippen LogP contribution in [0.2, 0.25) is 0 Å². The molecule has 3 heterocycles. The maximum atomic E-state index is 14.4. The van der Waals surface area contributed by atoms with Gasteiger partial charge < -0.3 is 14.9 Å². The van der Waals surface area contributed by atoms with E-state index in [0.717, 1.165) is 22.9 Å². The second kappa shape index (κ2) is 10.8. The fourth-order valence-electron chi connectivity index (χ4n) is 3.77. The number of rotatable bonds is 8. The Morgan fingerprint density at radius 3 is 2.55 bits per heavy atom. The summed E-state index contributed by atoms with van der Waals surface area (Å²) in [5.41, 5.74) is -0.147. The molecule has 4 aromatic rings. The molecule has 0 N–H and O–H groups in total. The lowest BCUT2D eigenvalue weighted by atomic mass is 10.1. The Labute approximate surface area is 229 Å². The van der Waals surface area contributed by atoms with E-state index in [9.17, 15) is 27.7 Å². The van der Waals surface area contributed by atoms with Gasteiger partial charge in [0.2, 0.25) is 5.75 Å². The van der Waals surface area contributed by atoms with Crippen molar-refractivity contribution in [2.24, 2.45) is 0 Å². The Bertz CT molecular complexity index is 1510. The molecule has 0 amide bonds. The van der Waals surface area contributed by atoms with Gasteiger partial charge in [0.05, 0.1) is 16.4 Å². The lowest BCUT2D eigenvalue weighted by molar-refractivity contribution is -0.390. The van der Waals surface area contributed by atoms with E-state index in [1.165, 1.54) is 31.5 Å².